The topological polar surface area (TPSA) is 58.6 Å². The summed E-state index contributed by atoms with van der Waals surface area (Å²) in [6, 6.07) is 7.45. The Bertz CT molecular complexity index is 461. The van der Waals surface area contributed by atoms with E-state index in [0.29, 0.717) is 12.4 Å². The van der Waals surface area contributed by atoms with Gasteiger partial charge in [0.05, 0.1) is 6.42 Å². The second-order valence-corrected chi connectivity index (χ2v) is 5.38. The van der Waals surface area contributed by atoms with Crippen molar-refractivity contribution in [3.63, 3.8) is 0 Å². The summed E-state index contributed by atoms with van der Waals surface area (Å²) in [5.74, 6) is -0.318. The van der Waals surface area contributed by atoms with Crippen LogP contribution in [-0.2, 0) is 22.5 Å². The molecule has 1 rings (SSSR count). The lowest BCUT2D eigenvalue weighted by Gasteiger charge is -2.23. The molecule has 0 fully saturated rings. The van der Waals surface area contributed by atoms with Crippen LogP contribution in [0.3, 0.4) is 0 Å². The molecule has 0 spiro atoms. The molecule has 0 bridgehead atoms. The molecule has 104 valence electrons. The van der Waals surface area contributed by atoms with Crippen molar-refractivity contribution in [2.75, 3.05) is 0 Å². The Morgan fingerprint density at radius 3 is 2.58 bits per heavy atom. The third kappa shape index (κ3) is 6.50. The fourth-order valence-corrected chi connectivity index (χ4v) is 1.63. The van der Waals surface area contributed by atoms with Crippen LogP contribution < -0.4 is 5.32 Å². The van der Waals surface area contributed by atoms with Crippen LogP contribution in [0, 0.1) is 0 Å². The quantitative estimate of drug-likeness (QED) is 0.775. The first kappa shape index (κ1) is 15.1. The zero-order valence-corrected chi connectivity index (χ0v) is 11.7. The van der Waals surface area contributed by atoms with Crippen molar-refractivity contribution < 1.29 is 14.6 Å². The fraction of sp³-hybridized carbons (Fsp3) is 0.400. The van der Waals surface area contributed by atoms with Crippen molar-refractivity contribution in [3.8, 4) is 0 Å². The smallest absolute Gasteiger partial charge is 0.307 e. The van der Waals surface area contributed by atoms with Gasteiger partial charge in [-0.05, 0) is 38.5 Å². The SMILES string of the molecule is C=C(NCc1cccc(CC(=O)O)c1)OC(C)(C)C. The summed E-state index contributed by atoms with van der Waals surface area (Å²) < 4.78 is 5.55. The lowest BCUT2D eigenvalue weighted by Crippen LogP contribution is -2.25. The number of benzene rings is 1. The molecule has 0 aliphatic rings. The molecule has 0 radical (unpaired) electrons. The highest BCUT2D eigenvalue weighted by atomic mass is 16.5. The van der Waals surface area contributed by atoms with Crippen LogP contribution in [0.15, 0.2) is 36.7 Å². The summed E-state index contributed by atoms with van der Waals surface area (Å²) >= 11 is 0. The van der Waals surface area contributed by atoms with E-state index in [-0.39, 0.29) is 12.0 Å². The van der Waals surface area contributed by atoms with Crippen LogP contribution >= 0.6 is 0 Å². The molecule has 0 unspecified atom stereocenters. The van der Waals surface area contributed by atoms with Crippen LogP contribution in [0.4, 0.5) is 0 Å². The molecule has 1 aromatic carbocycles. The highest BCUT2D eigenvalue weighted by molar-refractivity contribution is 5.70. The number of carboxylic acids is 1. The van der Waals surface area contributed by atoms with Gasteiger partial charge in [-0.1, -0.05) is 24.3 Å². The number of carbonyl (C=O) groups is 1. The van der Waals surface area contributed by atoms with Gasteiger partial charge in [-0.2, -0.15) is 0 Å². The lowest BCUT2D eigenvalue weighted by molar-refractivity contribution is -0.136. The molecule has 0 amide bonds. The van der Waals surface area contributed by atoms with E-state index in [0.717, 1.165) is 11.1 Å². The second kappa shape index (κ2) is 6.27. The molecule has 0 aliphatic heterocycles. The molecule has 0 aromatic heterocycles. The van der Waals surface area contributed by atoms with E-state index in [1.54, 1.807) is 6.07 Å². The maximum atomic E-state index is 10.7. The summed E-state index contributed by atoms with van der Waals surface area (Å²) in [5.41, 5.74) is 1.50. The highest BCUT2D eigenvalue weighted by Crippen LogP contribution is 2.11. The van der Waals surface area contributed by atoms with Gasteiger partial charge in [-0.25, -0.2) is 0 Å². The minimum Gasteiger partial charge on any atom is -0.481 e. The molecule has 0 saturated heterocycles. The standard InChI is InChI=1S/C15H21NO3/c1-11(19-15(2,3)4)16-10-13-7-5-6-12(8-13)9-14(17)18/h5-8,16H,1,9-10H2,2-4H3,(H,17,18). The normalized spacial score (nSPS) is 10.9. The number of nitrogens with one attached hydrogen (secondary N) is 1. The fourth-order valence-electron chi connectivity index (χ4n) is 1.63. The number of ether oxygens (including phenoxy) is 1. The van der Waals surface area contributed by atoms with Crippen molar-refractivity contribution in [3.05, 3.63) is 47.9 Å². The van der Waals surface area contributed by atoms with Crippen LogP contribution in [0.25, 0.3) is 0 Å². The minimum atomic E-state index is -0.828. The van der Waals surface area contributed by atoms with E-state index in [9.17, 15) is 4.79 Å². The van der Waals surface area contributed by atoms with Crippen molar-refractivity contribution in [2.24, 2.45) is 0 Å². The van der Waals surface area contributed by atoms with Crippen molar-refractivity contribution >= 4 is 5.97 Å². The Labute approximate surface area is 114 Å². The predicted octanol–water partition coefficient (Wildman–Crippen LogP) is 2.69. The molecule has 19 heavy (non-hydrogen) atoms. The van der Waals surface area contributed by atoms with E-state index in [4.69, 9.17) is 9.84 Å². The molecule has 1 aromatic rings. The molecule has 4 nitrogen and oxygen atoms in total. The van der Waals surface area contributed by atoms with Gasteiger partial charge in [0.25, 0.3) is 0 Å². The maximum absolute atomic E-state index is 10.7. The summed E-state index contributed by atoms with van der Waals surface area (Å²) in [7, 11) is 0. The largest absolute Gasteiger partial charge is 0.481 e. The summed E-state index contributed by atoms with van der Waals surface area (Å²) in [4.78, 5) is 10.7. The zero-order chi connectivity index (χ0) is 14.5. The third-order valence-corrected chi connectivity index (χ3v) is 2.27. The second-order valence-electron chi connectivity index (χ2n) is 5.38. The number of rotatable bonds is 6. The number of carboxylic acid groups (broad SMARTS) is 1. The van der Waals surface area contributed by atoms with Gasteiger partial charge in [0.15, 0.2) is 5.88 Å². The van der Waals surface area contributed by atoms with Gasteiger partial charge < -0.3 is 15.2 Å². The van der Waals surface area contributed by atoms with Crippen LogP contribution in [0.1, 0.15) is 31.9 Å². The number of hydrogen-bond donors (Lipinski definition) is 2. The molecule has 0 atom stereocenters. The highest BCUT2D eigenvalue weighted by Gasteiger charge is 2.12. The Morgan fingerprint density at radius 1 is 1.37 bits per heavy atom. The molecule has 0 aliphatic carbocycles. The third-order valence-electron chi connectivity index (χ3n) is 2.27. The summed E-state index contributed by atoms with van der Waals surface area (Å²) in [6.45, 7) is 10.2. The van der Waals surface area contributed by atoms with E-state index >= 15 is 0 Å². The summed E-state index contributed by atoms with van der Waals surface area (Å²) in [6.07, 6.45) is 0.0350. The first-order chi connectivity index (χ1) is 8.76. The van der Waals surface area contributed by atoms with Gasteiger partial charge >= 0.3 is 5.97 Å². The van der Waals surface area contributed by atoms with Crippen LogP contribution in [-0.4, -0.2) is 16.7 Å². The van der Waals surface area contributed by atoms with Gasteiger partial charge in [0, 0.05) is 6.54 Å². The van der Waals surface area contributed by atoms with Gasteiger partial charge in [0.1, 0.15) is 5.60 Å². The maximum Gasteiger partial charge on any atom is 0.307 e. The van der Waals surface area contributed by atoms with Gasteiger partial charge in [0.2, 0.25) is 0 Å². The lowest BCUT2D eigenvalue weighted by atomic mass is 10.1. The van der Waals surface area contributed by atoms with Crippen LogP contribution in [0.5, 0.6) is 0 Å². The Kier molecular flexibility index (Phi) is 4.98. The Morgan fingerprint density at radius 2 is 2.00 bits per heavy atom. The van der Waals surface area contributed by atoms with E-state index in [2.05, 4.69) is 11.9 Å². The van der Waals surface area contributed by atoms with E-state index < -0.39 is 5.97 Å². The molecule has 0 saturated carbocycles. The molecule has 2 N–H and O–H groups in total. The van der Waals surface area contributed by atoms with Crippen molar-refractivity contribution in [2.45, 2.75) is 39.3 Å². The predicted molar refractivity (Wildman–Crippen MR) is 74.6 cm³/mol. The van der Waals surface area contributed by atoms with Gasteiger partial charge in [-0.3, -0.25) is 4.79 Å². The average Bonchev–Trinajstić information content (AvgIpc) is 2.23. The first-order valence-corrected chi connectivity index (χ1v) is 6.18. The van der Waals surface area contributed by atoms with E-state index in [1.165, 1.54) is 0 Å². The molecule has 4 heteroatoms. The van der Waals surface area contributed by atoms with Crippen molar-refractivity contribution in [1.29, 1.82) is 0 Å². The van der Waals surface area contributed by atoms with Crippen LogP contribution in [0.2, 0.25) is 0 Å². The Balaban J connectivity index is 2.53. The molecular weight excluding hydrogens is 242 g/mol. The van der Waals surface area contributed by atoms with Gasteiger partial charge in [-0.15, -0.1) is 0 Å². The average molecular weight is 263 g/mol. The zero-order valence-electron chi connectivity index (χ0n) is 11.7. The number of hydrogen-bond acceptors (Lipinski definition) is 3. The van der Waals surface area contributed by atoms with E-state index in [1.807, 2.05) is 39.0 Å². The minimum absolute atomic E-state index is 0.0350. The summed E-state index contributed by atoms with van der Waals surface area (Å²) in [5, 5.41) is 11.8. The first-order valence-electron chi connectivity index (χ1n) is 6.18. The van der Waals surface area contributed by atoms with Crippen molar-refractivity contribution in [1.82, 2.24) is 5.32 Å². The molecule has 0 heterocycles. The number of aliphatic carboxylic acids is 1. The molecular formula is C15H21NO3. The monoisotopic (exact) mass is 263 g/mol. The Hall–Kier alpha value is -1.97.